The van der Waals surface area contributed by atoms with Crippen LogP contribution in [-0.4, -0.2) is 25.2 Å². The summed E-state index contributed by atoms with van der Waals surface area (Å²) in [5.41, 5.74) is 0.959. The van der Waals surface area contributed by atoms with Crippen molar-refractivity contribution in [1.82, 2.24) is 5.32 Å². The molecule has 3 rings (SSSR count). The van der Waals surface area contributed by atoms with Crippen LogP contribution in [0.15, 0.2) is 59.1 Å². The van der Waals surface area contributed by atoms with E-state index in [2.05, 4.69) is 21.2 Å². The minimum absolute atomic E-state index is 0.160. The minimum atomic E-state index is -0.187. The van der Waals surface area contributed by atoms with E-state index in [4.69, 9.17) is 9.47 Å². The van der Waals surface area contributed by atoms with Gasteiger partial charge in [-0.25, -0.2) is 0 Å². The van der Waals surface area contributed by atoms with Crippen LogP contribution in [0.25, 0.3) is 6.08 Å². The number of ether oxygens (including phenoxy) is 2. The highest BCUT2D eigenvalue weighted by molar-refractivity contribution is 9.10. The molecule has 2 aromatic carbocycles. The highest BCUT2D eigenvalue weighted by Crippen LogP contribution is 2.30. The molecule has 1 heterocycles. The Labute approximate surface area is 143 Å². The lowest BCUT2D eigenvalue weighted by molar-refractivity contribution is -0.116. The lowest BCUT2D eigenvalue weighted by Crippen LogP contribution is -2.40. The number of hydrogen-bond donors (Lipinski definition) is 1. The van der Waals surface area contributed by atoms with Crippen LogP contribution < -0.4 is 14.8 Å². The molecular formula is C18H16BrNO3. The number of rotatable bonds is 4. The zero-order valence-corrected chi connectivity index (χ0v) is 14.0. The van der Waals surface area contributed by atoms with E-state index < -0.39 is 0 Å². The maximum absolute atomic E-state index is 11.9. The number of halogens is 1. The molecule has 0 bridgehead atoms. The molecule has 0 spiro atoms. The number of fused-ring (bicyclic) bond motifs is 1. The van der Waals surface area contributed by atoms with E-state index in [1.165, 1.54) is 6.08 Å². The van der Waals surface area contributed by atoms with Gasteiger partial charge in [-0.2, -0.15) is 0 Å². The molecule has 4 nitrogen and oxygen atoms in total. The van der Waals surface area contributed by atoms with Crippen molar-refractivity contribution in [2.75, 3.05) is 13.2 Å². The number of carbonyl (C=O) groups is 1. The molecule has 0 fully saturated rings. The monoisotopic (exact) mass is 373 g/mol. The van der Waals surface area contributed by atoms with Crippen molar-refractivity contribution in [3.05, 3.63) is 64.6 Å². The first-order valence-corrected chi connectivity index (χ1v) is 8.10. The van der Waals surface area contributed by atoms with Crippen LogP contribution in [0, 0.1) is 0 Å². The van der Waals surface area contributed by atoms with Crippen molar-refractivity contribution in [2.24, 2.45) is 0 Å². The number of hydrogen-bond acceptors (Lipinski definition) is 3. The van der Waals surface area contributed by atoms with Gasteiger partial charge in [0.05, 0.1) is 6.54 Å². The van der Waals surface area contributed by atoms with Crippen LogP contribution in [0.5, 0.6) is 11.5 Å². The van der Waals surface area contributed by atoms with Gasteiger partial charge in [-0.15, -0.1) is 0 Å². The van der Waals surface area contributed by atoms with Gasteiger partial charge in [0.25, 0.3) is 0 Å². The molecule has 1 atom stereocenters. The van der Waals surface area contributed by atoms with E-state index in [-0.39, 0.29) is 12.0 Å². The second-order valence-corrected chi connectivity index (χ2v) is 6.05. The smallest absolute Gasteiger partial charge is 0.244 e. The molecule has 5 heteroatoms. The Kier molecular flexibility index (Phi) is 4.98. The Morgan fingerprint density at radius 3 is 2.87 bits per heavy atom. The van der Waals surface area contributed by atoms with Crippen LogP contribution in [0.3, 0.4) is 0 Å². The van der Waals surface area contributed by atoms with Crippen molar-refractivity contribution in [3.63, 3.8) is 0 Å². The largest absolute Gasteiger partial charge is 0.486 e. The summed E-state index contributed by atoms with van der Waals surface area (Å²) < 4.78 is 12.4. The van der Waals surface area contributed by atoms with Gasteiger partial charge < -0.3 is 14.8 Å². The molecule has 1 unspecified atom stereocenters. The fourth-order valence-electron chi connectivity index (χ4n) is 2.22. The minimum Gasteiger partial charge on any atom is -0.486 e. The van der Waals surface area contributed by atoms with E-state index in [0.29, 0.717) is 18.9 Å². The normalized spacial score (nSPS) is 16.3. The lowest BCUT2D eigenvalue weighted by atomic mass is 10.2. The van der Waals surface area contributed by atoms with E-state index in [1.54, 1.807) is 6.08 Å². The number of para-hydroxylation sites is 2. The average molecular weight is 374 g/mol. The zero-order chi connectivity index (χ0) is 16.1. The van der Waals surface area contributed by atoms with Gasteiger partial charge in [-0.1, -0.05) is 40.2 Å². The van der Waals surface area contributed by atoms with E-state index in [9.17, 15) is 4.79 Å². The van der Waals surface area contributed by atoms with Crippen LogP contribution in [0.4, 0.5) is 0 Å². The van der Waals surface area contributed by atoms with Gasteiger partial charge in [0.2, 0.25) is 5.91 Å². The third kappa shape index (κ3) is 4.36. The van der Waals surface area contributed by atoms with Crippen LogP contribution >= 0.6 is 15.9 Å². The number of amides is 1. The Balaban J connectivity index is 1.50. The number of nitrogens with one attached hydrogen (secondary N) is 1. The first-order valence-electron chi connectivity index (χ1n) is 7.31. The predicted octanol–water partition coefficient (Wildman–Crippen LogP) is 3.42. The molecule has 0 saturated carbocycles. The third-order valence-corrected chi connectivity index (χ3v) is 3.84. The highest BCUT2D eigenvalue weighted by Gasteiger charge is 2.20. The van der Waals surface area contributed by atoms with E-state index >= 15 is 0 Å². The molecule has 1 N–H and O–H groups in total. The average Bonchev–Trinajstić information content (AvgIpc) is 2.58. The van der Waals surface area contributed by atoms with Gasteiger partial charge in [-0.3, -0.25) is 4.79 Å². The molecule has 0 radical (unpaired) electrons. The van der Waals surface area contributed by atoms with Crippen LogP contribution in [0.1, 0.15) is 5.56 Å². The summed E-state index contributed by atoms with van der Waals surface area (Å²) in [5, 5.41) is 2.83. The van der Waals surface area contributed by atoms with Crippen molar-refractivity contribution >= 4 is 27.9 Å². The van der Waals surface area contributed by atoms with Gasteiger partial charge in [0, 0.05) is 10.5 Å². The van der Waals surface area contributed by atoms with E-state index in [0.717, 1.165) is 15.8 Å². The summed E-state index contributed by atoms with van der Waals surface area (Å²) in [5.74, 6) is 1.29. The maximum Gasteiger partial charge on any atom is 0.244 e. The summed E-state index contributed by atoms with van der Waals surface area (Å²) in [6.45, 7) is 0.822. The molecule has 1 aliphatic rings. The Morgan fingerprint density at radius 2 is 2.04 bits per heavy atom. The second kappa shape index (κ2) is 7.33. The SMILES string of the molecule is O=C(/C=C/c1cccc(Br)c1)NCC1COc2ccccc2O1. The Bertz CT molecular complexity index is 730. The van der Waals surface area contributed by atoms with Gasteiger partial charge in [-0.05, 0) is 35.9 Å². The Hall–Kier alpha value is -2.27. The molecule has 0 aromatic heterocycles. The molecule has 0 aliphatic carbocycles. The van der Waals surface area contributed by atoms with Crippen molar-refractivity contribution in [3.8, 4) is 11.5 Å². The van der Waals surface area contributed by atoms with Crippen molar-refractivity contribution < 1.29 is 14.3 Å². The molecule has 118 valence electrons. The van der Waals surface area contributed by atoms with Crippen LogP contribution in [0.2, 0.25) is 0 Å². The van der Waals surface area contributed by atoms with Gasteiger partial charge >= 0.3 is 0 Å². The molecule has 0 saturated heterocycles. The topological polar surface area (TPSA) is 47.6 Å². The summed E-state index contributed by atoms with van der Waals surface area (Å²) in [4.78, 5) is 11.9. The van der Waals surface area contributed by atoms with Gasteiger partial charge in [0.15, 0.2) is 11.5 Å². The van der Waals surface area contributed by atoms with Crippen molar-refractivity contribution in [1.29, 1.82) is 0 Å². The highest BCUT2D eigenvalue weighted by atomic mass is 79.9. The first-order chi connectivity index (χ1) is 11.2. The summed E-state index contributed by atoms with van der Waals surface area (Å²) in [7, 11) is 0. The predicted molar refractivity (Wildman–Crippen MR) is 92.5 cm³/mol. The van der Waals surface area contributed by atoms with Crippen LogP contribution in [-0.2, 0) is 4.79 Å². The molecule has 2 aromatic rings. The Morgan fingerprint density at radius 1 is 1.22 bits per heavy atom. The number of carbonyl (C=O) groups excluding carboxylic acids is 1. The summed E-state index contributed by atoms with van der Waals surface area (Å²) >= 11 is 3.40. The second-order valence-electron chi connectivity index (χ2n) is 5.13. The molecular weight excluding hydrogens is 358 g/mol. The van der Waals surface area contributed by atoms with Gasteiger partial charge in [0.1, 0.15) is 12.7 Å². The summed E-state index contributed by atoms with van der Waals surface area (Å²) in [6, 6.07) is 15.3. The zero-order valence-electron chi connectivity index (χ0n) is 12.4. The fourth-order valence-corrected chi connectivity index (χ4v) is 2.64. The first kappa shape index (κ1) is 15.6. The lowest BCUT2D eigenvalue weighted by Gasteiger charge is -2.26. The van der Waals surface area contributed by atoms with Crippen molar-refractivity contribution in [2.45, 2.75) is 6.10 Å². The maximum atomic E-state index is 11.9. The molecule has 1 aliphatic heterocycles. The standard InChI is InChI=1S/C18H16BrNO3/c19-14-5-3-4-13(10-14)8-9-18(21)20-11-15-12-22-16-6-1-2-7-17(16)23-15/h1-10,15H,11-12H2,(H,20,21)/b9-8+. The number of benzene rings is 2. The molecule has 23 heavy (non-hydrogen) atoms. The molecule has 1 amide bonds. The third-order valence-electron chi connectivity index (χ3n) is 3.35. The fraction of sp³-hybridized carbons (Fsp3) is 0.167. The van der Waals surface area contributed by atoms with E-state index in [1.807, 2.05) is 48.5 Å². The quantitative estimate of drug-likeness (QED) is 0.835. The summed E-state index contributed by atoms with van der Waals surface area (Å²) in [6.07, 6.45) is 3.10.